The van der Waals surface area contributed by atoms with Gasteiger partial charge in [-0.1, -0.05) is 6.92 Å². The number of aromatic nitrogens is 4. The molecule has 1 aliphatic carbocycles. The van der Waals surface area contributed by atoms with Crippen molar-refractivity contribution in [2.24, 2.45) is 7.05 Å². The molecule has 0 saturated heterocycles. The molecule has 1 N–H and O–H groups in total. The van der Waals surface area contributed by atoms with E-state index in [2.05, 4.69) is 33.7 Å². The molecule has 102 valence electrons. The smallest absolute Gasteiger partial charge is 0.176 e. The zero-order valence-corrected chi connectivity index (χ0v) is 12.2. The molecule has 0 saturated carbocycles. The fourth-order valence-electron chi connectivity index (χ4n) is 2.63. The molecule has 1 atom stereocenters. The summed E-state index contributed by atoms with van der Waals surface area (Å²) in [6.07, 6.45) is 4.62. The molecule has 19 heavy (non-hydrogen) atoms. The molecule has 2 aromatic heterocycles. The van der Waals surface area contributed by atoms with Crippen LogP contribution in [0.5, 0.6) is 0 Å². The summed E-state index contributed by atoms with van der Waals surface area (Å²) in [7, 11) is 1.80. The summed E-state index contributed by atoms with van der Waals surface area (Å²) in [5.74, 6) is 0.807. The van der Waals surface area contributed by atoms with E-state index in [1.807, 2.05) is 11.3 Å². The van der Waals surface area contributed by atoms with Crippen LogP contribution in [0.25, 0.3) is 0 Å². The zero-order valence-electron chi connectivity index (χ0n) is 11.4. The van der Waals surface area contributed by atoms with Gasteiger partial charge >= 0.3 is 0 Å². The molecular formula is C13H19N5S. The van der Waals surface area contributed by atoms with Crippen molar-refractivity contribution in [2.75, 3.05) is 6.54 Å². The van der Waals surface area contributed by atoms with Crippen molar-refractivity contribution in [1.29, 1.82) is 0 Å². The number of tetrazole rings is 1. The second-order valence-corrected chi connectivity index (χ2v) is 6.13. The van der Waals surface area contributed by atoms with Crippen molar-refractivity contribution in [3.63, 3.8) is 0 Å². The van der Waals surface area contributed by atoms with Gasteiger partial charge < -0.3 is 5.32 Å². The van der Waals surface area contributed by atoms with Gasteiger partial charge in [-0.2, -0.15) is 4.80 Å². The standard InChI is InChI=1S/C13H19N5S/c1-3-14-10(8-13-15-17-18(2)16-13)12-7-9-5-4-6-11(9)19-12/h7,10,14H,3-6,8H2,1-2H3. The molecule has 1 aliphatic rings. The number of aryl methyl sites for hydroxylation is 3. The molecule has 6 heteroatoms. The Hall–Kier alpha value is -1.27. The Balaban J connectivity index is 1.79. The summed E-state index contributed by atoms with van der Waals surface area (Å²) in [5.41, 5.74) is 1.55. The van der Waals surface area contributed by atoms with E-state index < -0.39 is 0 Å². The van der Waals surface area contributed by atoms with Gasteiger partial charge in [0, 0.05) is 22.2 Å². The van der Waals surface area contributed by atoms with Crippen LogP contribution in [0, 0.1) is 0 Å². The highest BCUT2D eigenvalue weighted by Crippen LogP contribution is 2.34. The molecule has 2 aromatic rings. The van der Waals surface area contributed by atoms with Crippen LogP contribution in [0.4, 0.5) is 0 Å². The van der Waals surface area contributed by atoms with Gasteiger partial charge in [-0.05, 0) is 42.7 Å². The molecule has 3 rings (SSSR count). The number of hydrogen-bond acceptors (Lipinski definition) is 5. The second-order valence-electron chi connectivity index (χ2n) is 4.96. The zero-order chi connectivity index (χ0) is 13.2. The summed E-state index contributed by atoms with van der Waals surface area (Å²) in [6.45, 7) is 3.09. The Morgan fingerprint density at radius 3 is 3.05 bits per heavy atom. The van der Waals surface area contributed by atoms with Gasteiger partial charge in [-0.3, -0.25) is 0 Å². The molecule has 5 nitrogen and oxygen atoms in total. The lowest BCUT2D eigenvalue weighted by Crippen LogP contribution is -2.22. The van der Waals surface area contributed by atoms with Crippen LogP contribution in [0.1, 0.15) is 40.5 Å². The molecule has 0 bridgehead atoms. The van der Waals surface area contributed by atoms with Crippen LogP contribution in [-0.2, 0) is 26.3 Å². The highest BCUT2D eigenvalue weighted by Gasteiger charge is 2.21. The maximum Gasteiger partial charge on any atom is 0.176 e. The van der Waals surface area contributed by atoms with E-state index in [-0.39, 0.29) is 0 Å². The van der Waals surface area contributed by atoms with E-state index in [1.54, 1.807) is 17.5 Å². The second kappa shape index (κ2) is 5.38. The van der Waals surface area contributed by atoms with E-state index in [0.717, 1.165) is 18.8 Å². The third-order valence-corrected chi connectivity index (χ3v) is 4.85. The number of nitrogens with zero attached hydrogens (tertiary/aromatic N) is 4. The van der Waals surface area contributed by atoms with Gasteiger partial charge in [0.05, 0.1) is 7.05 Å². The monoisotopic (exact) mass is 277 g/mol. The first-order valence-corrected chi connectivity index (χ1v) is 7.65. The van der Waals surface area contributed by atoms with Crippen LogP contribution in [0.15, 0.2) is 6.07 Å². The quantitative estimate of drug-likeness (QED) is 0.903. The lowest BCUT2D eigenvalue weighted by molar-refractivity contribution is 0.542. The van der Waals surface area contributed by atoms with Gasteiger partial charge in [-0.25, -0.2) is 0 Å². The number of rotatable bonds is 5. The summed E-state index contributed by atoms with van der Waals surface area (Å²) >= 11 is 1.95. The summed E-state index contributed by atoms with van der Waals surface area (Å²) in [4.78, 5) is 4.51. The Morgan fingerprint density at radius 2 is 2.37 bits per heavy atom. The van der Waals surface area contributed by atoms with Crippen molar-refractivity contribution in [2.45, 2.75) is 38.6 Å². The van der Waals surface area contributed by atoms with Gasteiger partial charge in [0.15, 0.2) is 5.82 Å². The highest BCUT2D eigenvalue weighted by molar-refractivity contribution is 7.12. The fourth-order valence-corrected chi connectivity index (χ4v) is 3.96. The first-order valence-electron chi connectivity index (χ1n) is 6.84. The van der Waals surface area contributed by atoms with Crippen LogP contribution in [0.2, 0.25) is 0 Å². The first kappa shape index (κ1) is 12.7. The van der Waals surface area contributed by atoms with Gasteiger partial charge in [0.1, 0.15) is 0 Å². The lowest BCUT2D eigenvalue weighted by atomic mass is 10.1. The van der Waals surface area contributed by atoms with E-state index in [0.29, 0.717) is 6.04 Å². The maximum absolute atomic E-state index is 4.28. The third kappa shape index (κ3) is 2.69. The highest BCUT2D eigenvalue weighted by atomic mass is 32.1. The Labute approximate surface area is 117 Å². The van der Waals surface area contributed by atoms with Gasteiger partial charge in [0.25, 0.3) is 0 Å². The van der Waals surface area contributed by atoms with Crippen molar-refractivity contribution in [1.82, 2.24) is 25.5 Å². The third-order valence-electron chi connectivity index (χ3n) is 3.50. The molecule has 1 unspecified atom stereocenters. The molecule has 0 radical (unpaired) electrons. The molecular weight excluding hydrogens is 258 g/mol. The van der Waals surface area contributed by atoms with Crippen LogP contribution in [0.3, 0.4) is 0 Å². The van der Waals surface area contributed by atoms with Crippen molar-refractivity contribution >= 4 is 11.3 Å². The number of nitrogens with one attached hydrogen (secondary N) is 1. The van der Waals surface area contributed by atoms with E-state index >= 15 is 0 Å². The molecule has 0 spiro atoms. The minimum Gasteiger partial charge on any atom is -0.309 e. The largest absolute Gasteiger partial charge is 0.309 e. The fraction of sp³-hybridized carbons (Fsp3) is 0.615. The topological polar surface area (TPSA) is 55.6 Å². The van der Waals surface area contributed by atoms with Crippen LogP contribution in [-0.4, -0.2) is 26.8 Å². The van der Waals surface area contributed by atoms with Crippen molar-refractivity contribution < 1.29 is 0 Å². The average Bonchev–Trinajstić information content (AvgIpc) is 3.03. The molecule has 0 fully saturated rings. The summed E-state index contributed by atoms with van der Waals surface area (Å²) in [6, 6.07) is 2.68. The van der Waals surface area contributed by atoms with Crippen molar-refractivity contribution in [3.05, 3.63) is 27.2 Å². The minimum absolute atomic E-state index is 0.310. The Bertz CT molecular complexity index is 538. The van der Waals surface area contributed by atoms with Crippen LogP contribution < -0.4 is 5.32 Å². The summed E-state index contributed by atoms with van der Waals surface area (Å²) < 4.78 is 0. The van der Waals surface area contributed by atoms with Crippen molar-refractivity contribution in [3.8, 4) is 0 Å². The molecule has 0 aliphatic heterocycles. The number of likely N-dealkylation sites (N-methyl/N-ethyl adjacent to an activating group) is 1. The maximum atomic E-state index is 4.28. The SMILES string of the molecule is CCNC(Cc1nnn(C)n1)c1cc2c(s1)CCC2. The minimum atomic E-state index is 0.310. The average molecular weight is 277 g/mol. The van der Waals surface area contributed by atoms with E-state index in [1.165, 1.54) is 28.9 Å². The number of hydrogen-bond donors (Lipinski definition) is 1. The predicted molar refractivity (Wildman–Crippen MR) is 75.3 cm³/mol. The number of fused-ring (bicyclic) bond motifs is 1. The van der Waals surface area contributed by atoms with E-state index in [9.17, 15) is 0 Å². The first-order chi connectivity index (χ1) is 9.26. The molecule has 0 aromatic carbocycles. The van der Waals surface area contributed by atoms with E-state index in [4.69, 9.17) is 0 Å². The Kier molecular flexibility index (Phi) is 3.61. The lowest BCUT2D eigenvalue weighted by Gasteiger charge is -2.14. The molecule has 0 amide bonds. The summed E-state index contributed by atoms with van der Waals surface area (Å²) in [5, 5.41) is 15.8. The predicted octanol–water partition coefficient (Wildman–Crippen LogP) is 1.65. The Morgan fingerprint density at radius 1 is 1.47 bits per heavy atom. The van der Waals surface area contributed by atoms with Crippen LogP contribution >= 0.6 is 11.3 Å². The normalized spacial score (nSPS) is 15.7. The molecule has 2 heterocycles. The van der Waals surface area contributed by atoms with Gasteiger partial charge in [0.2, 0.25) is 0 Å². The number of thiophene rings is 1. The van der Waals surface area contributed by atoms with Gasteiger partial charge in [-0.15, -0.1) is 21.5 Å².